The van der Waals surface area contributed by atoms with E-state index in [1.54, 1.807) is 0 Å². The van der Waals surface area contributed by atoms with E-state index in [0.717, 1.165) is 51.4 Å². The Kier molecular flexibility index (Phi) is 4.68. The molecule has 3 nitrogen and oxygen atoms in total. The molecule has 24 heavy (non-hydrogen) atoms. The maximum absolute atomic E-state index is 9.95. The topological polar surface area (TPSA) is 41.5 Å². The lowest BCUT2D eigenvalue weighted by Gasteiger charge is -2.57. The molecule has 1 spiro atoms. The van der Waals surface area contributed by atoms with Gasteiger partial charge in [0.2, 0.25) is 0 Å². The number of benzene rings is 1. The van der Waals surface area contributed by atoms with Gasteiger partial charge in [0, 0.05) is 25.3 Å². The quantitative estimate of drug-likeness (QED) is 0.840. The van der Waals surface area contributed by atoms with E-state index in [1.807, 2.05) is 0 Å². The number of aliphatic hydroxyl groups excluding tert-OH is 1. The van der Waals surface area contributed by atoms with Gasteiger partial charge in [-0.2, -0.15) is 0 Å². The van der Waals surface area contributed by atoms with Crippen LogP contribution < -0.4 is 5.32 Å². The van der Waals surface area contributed by atoms with Gasteiger partial charge in [0.05, 0.1) is 6.61 Å². The summed E-state index contributed by atoms with van der Waals surface area (Å²) in [5.74, 6) is 0.914. The molecule has 1 saturated heterocycles. The highest BCUT2D eigenvalue weighted by Crippen LogP contribution is 2.54. The average Bonchev–Trinajstić information content (AvgIpc) is 2.55. The molecule has 0 aromatic heterocycles. The average molecular weight is 329 g/mol. The Morgan fingerprint density at radius 3 is 2.54 bits per heavy atom. The molecule has 3 fully saturated rings. The predicted molar refractivity (Wildman–Crippen MR) is 95.9 cm³/mol. The molecule has 0 bridgehead atoms. The molecule has 1 aliphatic heterocycles. The van der Waals surface area contributed by atoms with Crippen molar-refractivity contribution in [1.29, 1.82) is 0 Å². The number of rotatable bonds is 6. The number of ether oxygens (including phenoxy) is 1. The van der Waals surface area contributed by atoms with Crippen LogP contribution in [0.4, 0.5) is 0 Å². The largest absolute Gasteiger partial charge is 0.394 e. The second kappa shape index (κ2) is 6.78. The maximum atomic E-state index is 9.95. The van der Waals surface area contributed by atoms with Gasteiger partial charge in [0.15, 0.2) is 0 Å². The molecule has 0 radical (unpaired) electrons. The van der Waals surface area contributed by atoms with E-state index in [1.165, 1.54) is 36.8 Å². The lowest BCUT2D eigenvalue weighted by molar-refractivity contribution is -0.0988. The Balaban J connectivity index is 1.33. The van der Waals surface area contributed by atoms with Gasteiger partial charge in [-0.05, 0) is 54.6 Å². The van der Waals surface area contributed by atoms with Crippen LogP contribution in [0.3, 0.4) is 0 Å². The van der Waals surface area contributed by atoms with Crippen molar-refractivity contribution in [3.63, 3.8) is 0 Å². The molecule has 2 saturated carbocycles. The van der Waals surface area contributed by atoms with Crippen molar-refractivity contribution in [3.05, 3.63) is 35.4 Å². The summed E-state index contributed by atoms with van der Waals surface area (Å²) in [5.41, 5.74) is 3.19. The van der Waals surface area contributed by atoms with Crippen molar-refractivity contribution in [2.24, 2.45) is 11.3 Å². The maximum Gasteiger partial charge on any atom is 0.0613 e. The third-order valence-electron chi connectivity index (χ3n) is 6.69. The van der Waals surface area contributed by atoms with E-state index in [4.69, 9.17) is 4.74 Å². The minimum absolute atomic E-state index is 0.0681. The summed E-state index contributed by atoms with van der Waals surface area (Å²) in [6, 6.07) is 9.03. The fraction of sp³-hybridized carbons (Fsp3) is 0.714. The minimum atomic E-state index is -0.0681. The summed E-state index contributed by atoms with van der Waals surface area (Å²) < 4.78 is 5.51. The Hall–Kier alpha value is -0.900. The zero-order valence-electron chi connectivity index (χ0n) is 14.7. The van der Waals surface area contributed by atoms with Gasteiger partial charge in [-0.25, -0.2) is 0 Å². The third kappa shape index (κ3) is 3.40. The fourth-order valence-corrected chi connectivity index (χ4v) is 5.02. The van der Waals surface area contributed by atoms with E-state index >= 15 is 0 Å². The van der Waals surface area contributed by atoms with E-state index in [0.29, 0.717) is 5.41 Å². The molecule has 132 valence electrons. The van der Waals surface area contributed by atoms with Crippen LogP contribution in [0.15, 0.2) is 24.3 Å². The molecule has 0 unspecified atom stereocenters. The van der Waals surface area contributed by atoms with E-state index in [9.17, 15) is 5.11 Å². The predicted octanol–water partition coefficient (Wildman–Crippen LogP) is 3.44. The van der Waals surface area contributed by atoms with Gasteiger partial charge in [0.1, 0.15) is 0 Å². The molecule has 0 atom stereocenters. The first kappa shape index (κ1) is 16.6. The van der Waals surface area contributed by atoms with Crippen LogP contribution in [0.25, 0.3) is 0 Å². The van der Waals surface area contributed by atoms with Crippen LogP contribution in [-0.4, -0.2) is 30.5 Å². The number of aliphatic hydroxyl groups is 1. The van der Waals surface area contributed by atoms with Crippen LogP contribution in [0.2, 0.25) is 0 Å². The standard InChI is InChI=1S/C21H31NO2/c23-16-21(14-20(15-21)7-9-24-10-8-20)22-13-19-6-2-5-18(12-19)11-17-3-1-4-17/h2,5-6,12,17,22-23H,1,3-4,7-11,13-16H2. The van der Waals surface area contributed by atoms with Crippen molar-refractivity contribution < 1.29 is 9.84 Å². The SMILES string of the molecule is OCC1(NCc2cccc(CC3CCC3)c2)CC2(CCOCC2)C1. The Morgan fingerprint density at radius 1 is 1.12 bits per heavy atom. The van der Waals surface area contributed by atoms with Gasteiger partial charge in [-0.15, -0.1) is 0 Å². The van der Waals surface area contributed by atoms with Crippen LogP contribution in [0, 0.1) is 11.3 Å². The number of hydrogen-bond acceptors (Lipinski definition) is 3. The highest BCUT2D eigenvalue weighted by Gasteiger charge is 2.54. The van der Waals surface area contributed by atoms with Crippen LogP contribution in [-0.2, 0) is 17.7 Å². The molecule has 2 N–H and O–H groups in total. The molecular formula is C21H31NO2. The monoisotopic (exact) mass is 329 g/mol. The lowest BCUT2D eigenvalue weighted by atomic mass is 9.54. The Morgan fingerprint density at radius 2 is 1.88 bits per heavy atom. The minimum Gasteiger partial charge on any atom is -0.394 e. The summed E-state index contributed by atoms with van der Waals surface area (Å²) in [4.78, 5) is 0. The van der Waals surface area contributed by atoms with Crippen molar-refractivity contribution in [2.75, 3.05) is 19.8 Å². The van der Waals surface area contributed by atoms with Crippen molar-refractivity contribution in [1.82, 2.24) is 5.32 Å². The van der Waals surface area contributed by atoms with Crippen molar-refractivity contribution in [3.8, 4) is 0 Å². The summed E-state index contributed by atoms with van der Waals surface area (Å²) in [7, 11) is 0. The lowest BCUT2D eigenvalue weighted by Crippen LogP contribution is -2.63. The summed E-state index contributed by atoms with van der Waals surface area (Å²) >= 11 is 0. The smallest absolute Gasteiger partial charge is 0.0613 e. The molecule has 3 aliphatic rings. The van der Waals surface area contributed by atoms with Crippen LogP contribution in [0.5, 0.6) is 0 Å². The third-order valence-corrected chi connectivity index (χ3v) is 6.69. The molecule has 0 amide bonds. The molecule has 2 aliphatic carbocycles. The van der Waals surface area contributed by atoms with Crippen molar-refractivity contribution in [2.45, 2.75) is 63.5 Å². The fourth-order valence-electron chi connectivity index (χ4n) is 5.02. The first-order chi connectivity index (χ1) is 11.7. The second-order valence-corrected chi connectivity index (χ2v) is 8.58. The van der Waals surface area contributed by atoms with Gasteiger partial charge in [0.25, 0.3) is 0 Å². The normalized spacial score (nSPS) is 25.2. The first-order valence-corrected chi connectivity index (χ1v) is 9.73. The van der Waals surface area contributed by atoms with E-state index < -0.39 is 0 Å². The molecule has 1 heterocycles. The highest BCUT2D eigenvalue weighted by molar-refractivity contribution is 5.24. The summed E-state index contributed by atoms with van der Waals surface area (Å²) in [6.07, 6.45) is 9.98. The second-order valence-electron chi connectivity index (χ2n) is 8.58. The number of hydrogen-bond donors (Lipinski definition) is 2. The number of nitrogens with one attached hydrogen (secondary N) is 1. The zero-order valence-corrected chi connectivity index (χ0v) is 14.7. The van der Waals surface area contributed by atoms with Gasteiger partial charge in [-0.3, -0.25) is 0 Å². The van der Waals surface area contributed by atoms with E-state index in [2.05, 4.69) is 29.6 Å². The zero-order chi connectivity index (χ0) is 16.5. The molecule has 1 aromatic carbocycles. The van der Waals surface area contributed by atoms with E-state index in [-0.39, 0.29) is 12.1 Å². The summed E-state index contributed by atoms with van der Waals surface area (Å²) in [6.45, 7) is 2.90. The van der Waals surface area contributed by atoms with Crippen molar-refractivity contribution >= 4 is 0 Å². The molecule has 1 aromatic rings. The Bertz CT molecular complexity index is 553. The van der Waals surface area contributed by atoms with Crippen LogP contribution >= 0.6 is 0 Å². The van der Waals surface area contributed by atoms with Gasteiger partial charge >= 0.3 is 0 Å². The van der Waals surface area contributed by atoms with Gasteiger partial charge < -0.3 is 15.2 Å². The molecule has 3 heteroatoms. The Labute approximate surface area is 145 Å². The highest BCUT2D eigenvalue weighted by atomic mass is 16.5. The van der Waals surface area contributed by atoms with Crippen LogP contribution in [0.1, 0.15) is 56.1 Å². The molecule has 4 rings (SSSR count). The summed E-state index contributed by atoms with van der Waals surface area (Å²) in [5, 5.41) is 13.6. The van der Waals surface area contributed by atoms with Gasteiger partial charge in [-0.1, -0.05) is 43.5 Å². The molecular weight excluding hydrogens is 298 g/mol. The first-order valence-electron chi connectivity index (χ1n) is 9.73.